The summed E-state index contributed by atoms with van der Waals surface area (Å²) >= 11 is 0. The van der Waals surface area contributed by atoms with Crippen LogP contribution in [0.25, 0.3) is 22.6 Å². The smallest absolute Gasteiger partial charge is 0.257 e. The largest absolute Gasteiger partial charge is 0.334 e. The van der Waals surface area contributed by atoms with E-state index in [1.165, 1.54) is 12.1 Å². The number of hydrogen-bond acceptors (Lipinski definition) is 5. The zero-order valence-corrected chi connectivity index (χ0v) is 16.6. The van der Waals surface area contributed by atoms with E-state index < -0.39 is 0 Å². The first-order valence-corrected chi connectivity index (χ1v) is 9.74. The number of anilines is 1. The molecule has 1 aliphatic rings. The molecule has 3 aromatic carbocycles. The molecule has 0 bridgehead atoms. The highest BCUT2D eigenvalue weighted by molar-refractivity contribution is 6.17. The quantitative estimate of drug-likeness (QED) is 0.494. The maximum Gasteiger partial charge on any atom is 0.257 e. The van der Waals surface area contributed by atoms with Gasteiger partial charge >= 0.3 is 0 Å². The Balaban J connectivity index is 1.53. The summed E-state index contributed by atoms with van der Waals surface area (Å²) in [6.07, 6.45) is 0.132. The van der Waals surface area contributed by atoms with Crippen molar-refractivity contribution in [2.24, 2.45) is 4.99 Å². The summed E-state index contributed by atoms with van der Waals surface area (Å²) in [5.41, 5.74) is 5.21. The van der Waals surface area contributed by atoms with Crippen LogP contribution in [-0.2, 0) is 4.79 Å². The fourth-order valence-electron chi connectivity index (χ4n) is 3.50. The number of aryl methyl sites for hydroxylation is 1. The van der Waals surface area contributed by atoms with Gasteiger partial charge in [0.25, 0.3) is 5.89 Å². The Morgan fingerprint density at radius 1 is 0.935 bits per heavy atom. The summed E-state index contributed by atoms with van der Waals surface area (Å²) in [6, 6.07) is 19.4. The van der Waals surface area contributed by atoms with E-state index in [0.29, 0.717) is 28.8 Å². The molecule has 1 aliphatic heterocycles. The number of nitrogens with one attached hydrogen (secondary N) is 1. The molecule has 1 amide bonds. The number of carbonyl (C=O) groups excluding carboxylic acids is 1. The highest BCUT2D eigenvalue weighted by Gasteiger charge is 2.19. The SMILES string of the molecule is Cc1noc(-c2cccc(C3=Nc4ccc(-c5ccc(F)cc5)cc4NC(=O)C3)c2)n1. The number of amides is 1. The van der Waals surface area contributed by atoms with Crippen molar-refractivity contribution in [1.29, 1.82) is 0 Å². The lowest BCUT2D eigenvalue weighted by molar-refractivity contribution is -0.115. The molecule has 0 saturated heterocycles. The van der Waals surface area contributed by atoms with E-state index in [4.69, 9.17) is 9.52 Å². The third-order valence-corrected chi connectivity index (χ3v) is 5.00. The lowest BCUT2D eigenvalue weighted by atomic mass is 10.0. The van der Waals surface area contributed by atoms with Crippen LogP contribution in [0.3, 0.4) is 0 Å². The predicted octanol–water partition coefficient (Wildman–Crippen LogP) is 5.31. The number of halogens is 1. The van der Waals surface area contributed by atoms with E-state index >= 15 is 0 Å². The molecule has 0 unspecified atom stereocenters. The van der Waals surface area contributed by atoms with Gasteiger partial charge in [-0.3, -0.25) is 9.79 Å². The van der Waals surface area contributed by atoms with Crippen molar-refractivity contribution >= 4 is 23.0 Å². The van der Waals surface area contributed by atoms with E-state index in [9.17, 15) is 9.18 Å². The summed E-state index contributed by atoms with van der Waals surface area (Å²) < 4.78 is 18.5. The Labute approximate surface area is 177 Å². The van der Waals surface area contributed by atoms with Gasteiger partial charge in [-0.15, -0.1) is 0 Å². The number of aliphatic imine (C=N–C) groups is 1. The molecule has 0 spiro atoms. The molecule has 2 heterocycles. The van der Waals surface area contributed by atoms with Crippen molar-refractivity contribution < 1.29 is 13.7 Å². The number of rotatable bonds is 3. The monoisotopic (exact) mass is 412 g/mol. The summed E-state index contributed by atoms with van der Waals surface area (Å²) in [5, 5.41) is 6.75. The van der Waals surface area contributed by atoms with E-state index in [1.807, 2.05) is 42.5 Å². The minimum atomic E-state index is -0.293. The van der Waals surface area contributed by atoms with E-state index in [2.05, 4.69) is 15.5 Å². The van der Waals surface area contributed by atoms with Gasteiger partial charge in [0.2, 0.25) is 5.91 Å². The third-order valence-electron chi connectivity index (χ3n) is 5.00. The lowest BCUT2D eigenvalue weighted by Crippen LogP contribution is -2.15. The number of hydrogen-bond donors (Lipinski definition) is 1. The Bertz CT molecular complexity index is 1330. The summed E-state index contributed by atoms with van der Waals surface area (Å²) in [4.78, 5) is 21.6. The molecule has 1 N–H and O–H groups in total. The molecule has 0 fully saturated rings. The summed E-state index contributed by atoms with van der Waals surface area (Å²) in [7, 11) is 0. The highest BCUT2D eigenvalue weighted by atomic mass is 19.1. The van der Waals surface area contributed by atoms with Gasteiger partial charge in [-0.1, -0.05) is 35.5 Å². The van der Waals surface area contributed by atoms with Gasteiger partial charge in [-0.2, -0.15) is 4.98 Å². The Morgan fingerprint density at radius 2 is 1.71 bits per heavy atom. The van der Waals surface area contributed by atoms with Gasteiger partial charge in [-0.25, -0.2) is 4.39 Å². The zero-order chi connectivity index (χ0) is 21.4. The molecule has 7 heteroatoms. The van der Waals surface area contributed by atoms with Crippen LogP contribution in [0.1, 0.15) is 17.8 Å². The Kier molecular flexibility index (Phi) is 4.63. The van der Waals surface area contributed by atoms with Crippen molar-refractivity contribution in [1.82, 2.24) is 10.1 Å². The van der Waals surface area contributed by atoms with Gasteiger partial charge in [0.05, 0.1) is 23.5 Å². The second kappa shape index (κ2) is 7.60. The zero-order valence-electron chi connectivity index (χ0n) is 16.6. The minimum absolute atomic E-state index is 0.132. The number of nitrogens with zero attached hydrogens (tertiary/aromatic N) is 3. The third kappa shape index (κ3) is 3.85. The van der Waals surface area contributed by atoms with Crippen molar-refractivity contribution in [2.75, 3.05) is 5.32 Å². The summed E-state index contributed by atoms with van der Waals surface area (Å²) in [6.45, 7) is 1.76. The van der Waals surface area contributed by atoms with Gasteiger partial charge in [0, 0.05) is 5.56 Å². The average molecular weight is 412 g/mol. The van der Waals surface area contributed by atoms with Crippen molar-refractivity contribution in [3.05, 3.63) is 83.9 Å². The number of aromatic nitrogens is 2. The van der Waals surface area contributed by atoms with Gasteiger partial charge in [-0.05, 0) is 60.0 Å². The number of carbonyl (C=O) groups is 1. The van der Waals surface area contributed by atoms with Crippen LogP contribution in [0.15, 0.2) is 76.2 Å². The predicted molar refractivity (Wildman–Crippen MR) is 116 cm³/mol. The number of benzene rings is 3. The van der Waals surface area contributed by atoms with Crippen molar-refractivity contribution in [2.45, 2.75) is 13.3 Å². The average Bonchev–Trinajstić information content (AvgIpc) is 3.13. The first-order chi connectivity index (χ1) is 15.0. The molecule has 152 valence electrons. The second-order valence-corrected chi connectivity index (χ2v) is 7.25. The van der Waals surface area contributed by atoms with Crippen molar-refractivity contribution in [3.8, 4) is 22.6 Å². The summed E-state index contributed by atoms with van der Waals surface area (Å²) in [5.74, 6) is 0.520. The molecule has 4 aromatic rings. The molecular weight excluding hydrogens is 395 g/mol. The fourth-order valence-corrected chi connectivity index (χ4v) is 3.50. The van der Waals surface area contributed by atoms with Crippen LogP contribution in [0, 0.1) is 12.7 Å². The standard InChI is InChI=1S/C24H17FN4O2/c1-14-26-24(31-29-14)18-4-2-3-17(11-18)21-13-23(30)28-22-12-16(7-10-20(22)27-21)15-5-8-19(25)9-6-15/h2-12H,13H2,1H3,(H,28,30). The first-order valence-electron chi connectivity index (χ1n) is 9.74. The topological polar surface area (TPSA) is 80.4 Å². The van der Waals surface area contributed by atoms with E-state index in [-0.39, 0.29) is 18.1 Å². The van der Waals surface area contributed by atoms with E-state index in [0.717, 1.165) is 22.3 Å². The molecule has 0 atom stereocenters. The van der Waals surface area contributed by atoms with Crippen LogP contribution in [-0.4, -0.2) is 21.8 Å². The molecule has 0 radical (unpaired) electrons. The van der Waals surface area contributed by atoms with Crippen molar-refractivity contribution in [3.63, 3.8) is 0 Å². The van der Waals surface area contributed by atoms with Crippen LogP contribution in [0.2, 0.25) is 0 Å². The molecule has 1 aromatic heterocycles. The molecule has 0 saturated carbocycles. The van der Waals surface area contributed by atoms with Crippen LogP contribution >= 0.6 is 0 Å². The molecule has 6 nitrogen and oxygen atoms in total. The normalized spacial score (nSPS) is 13.2. The molecule has 5 rings (SSSR count). The van der Waals surface area contributed by atoms with Gasteiger partial charge in [0.1, 0.15) is 5.82 Å². The Hall–Kier alpha value is -4.13. The minimum Gasteiger partial charge on any atom is -0.334 e. The van der Waals surface area contributed by atoms with Crippen LogP contribution in [0.4, 0.5) is 15.8 Å². The molecular formula is C24H17FN4O2. The van der Waals surface area contributed by atoms with Gasteiger partial charge < -0.3 is 9.84 Å². The Morgan fingerprint density at radius 3 is 2.48 bits per heavy atom. The molecule has 0 aliphatic carbocycles. The maximum absolute atomic E-state index is 13.2. The highest BCUT2D eigenvalue weighted by Crippen LogP contribution is 2.34. The second-order valence-electron chi connectivity index (χ2n) is 7.25. The number of fused-ring (bicyclic) bond motifs is 1. The first kappa shape index (κ1) is 18.9. The van der Waals surface area contributed by atoms with Crippen LogP contribution < -0.4 is 5.32 Å². The maximum atomic E-state index is 13.2. The molecule has 31 heavy (non-hydrogen) atoms. The van der Waals surface area contributed by atoms with Crippen LogP contribution in [0.5, 0.6) is 0 Å². The van der Waals surface area contributed by atoms with E-state index in [1.54, 1.807) is 19.1 Å². The fraction of sp³-hybridized carbons (Fsp3) is 0.0833. The lowest BCUT2D eigenvalue weighted by Gasteiger charge is -2.08. The van der Waals surface area contributed by atoms with Gasteiger partial charge in [0.15, 0.2) is 5.82 Å².